The second-order valence-electron chi connectivity index (χ2n) is 5.87. The molecule has 0 aromatic rings. The Bertz CT molecular complexity index is 203. The average molecular weight is 256 g/mol. The monoisotopic (exact) mass is 256 g/mol. The van der Waals surface area contributed by atoms with Crippen LogP contribution < -0.4 is 5.32 Å². The summed E-state index contributed by atoms with van der Waals surface area (Å²) in [6.07, 6.45) is 6.36. The minimum atomic E-state index is 0.538. The van der Waals surface area contributed by atoms with Crippen LogP contribution in [0.1, 0.15) is 52.9 Å². The van der Waals surface area contributed by atoms with Crippen LogP contribution in [-0.2, 0) is 4.74 Å². The maximum absolute atomic E-state index is 5.32. The van der Waals surface area contributed by atoms with Crippen molar-refractivity contribution in [1.29, 1.82) is 0 Å². The maximum Gasteiger partial charge on any atom is 0.0615 e. The highest BCUT2D eigenvalue weighted by atomic mass is 16.5. The van der Waals surface area contributed by atoms with Gasteiger partial charge in [-0.15, -0.1) is 0 Å². The SMILES string of the molecule is CCCC(COC)NC1CCCN(C(C)C)CC1. The molecule has 1 heterocycles. The molecule has 1 fully saturated rings. The molecule has 1 rings (SSSR count). The Hall–Kier alpha value is -0.120. The second-order valence-corrected chi connectivity index (χ2v) is 5.87. The smallest absolute Gasteiger partial charge is 0.0615 e. The third-order valence-electron chi connectivity index (χ3n) is 3.97. The van der Waals surface area contributed by atoms with Gasteiger partial charge in [-0.1, -0.05) is 13.3 Å². The van der Waals surface area contributed by atoms with E-state index in [1.54, 1.807) is 7.11 Å². The van der Waals surface area contributed by atoms with Crippen LogP contribution in [0.15, 0.2) is 0 Å². The van der Waals surface area contributed by atoms with Crippen molar-refractivity contribution in [3.8, 4) is 0 Å². The lowest BCUT2D eigenvalue weighted by atomic mass is 10.1. The predicted octanol–water partition coefficient (Wildman–Crippen LogP) is 2.65. The first-order valence-corrected chi connectivity index (χ1v) is 7.66. The summed E-state index contributed by atoms with van der Waals surface area (Å²) >= 11 is 0. The summed E-state index contributed by atoms with van der Waals surface area (Å²) in [5.74, 6) is 0. The second kappa shape index (κ2) is 8.89. The molecule has 0 amide bonds. The molecule has 1 aliphatic heterocycles. The van der Waals surface area contributed by atoms with Gasteiger partial charge in [-0.2, -0.15) is 0 Å². The molecule has 1 N–H and O–H groups in total. The van der Waals surface area contributed by atoms with E-state index in [0.29, 0.717) is 18.1 Å². The van der Waals surface area contributed by atoms with E-state index in [4.69, 9.17) is 4.74 Å². The van der Waals surface area contributed by atoms with Gasteiger partial charge in [0, 0.05) is 25.2 Å². The third kappa shape index (κ3) is 5.68. The zero-order valence-corrected chi connectivity index (χ0v) is 12.7. The molecule has 0 aromatic carbocycles. The highest BCUT2D eigenvalue weighted by Crippen LogP contribution is 2.14. The predicted molar refractivity (Wildman–Crippen MR) is 78.1 cm³/mol. The summed E-state index contributed by atoms with van der Waals surface area (Å²) < 4.78 is 5.32. The molecular weight excluding hydrogens is 224 g/mol. The van der Waals surface area contributed by atoms with E-state index in [1.807, 2.05) is 0 Å². The lowest BCUT2D eigenvalue weighted by Gasteiger charge is -2.26. The highest BCUT2D eigenvalue weighted by Gasteiger charge is 2.20. The van der Waals surface area contributed by atoms with E-state index >= 15 is 0 Å². The number of nitrogens with zero attached hydrogens (tertiary/aromatic N) is 1. The molecular formula is C15H32N2O. The molecule has 108 valence electrons. The maximum atomic E-state index is 5.32. The fraction of sp³-hybridized carbons (Fsp3) is 1.00. The van der Waals surface area contributed by atoms with Crippen molar-refractivity contribution in [3.05, 3.63) is 0 Å². The Morgan fingerprint density at radius 2 is 2.06 bits per heavy atom. The lowest BCUT2D eigenvalue weighted by Crippen LogP contribution is -2.41. The number of rotatable bonds is 7. The molecule has 18 heavy (non-hydrogen) atoms. The zero-order valence-electron chi connectivity index (χ0n) is 12.7. The van der Waals surface area contributed by atoms with Crippen molar-refractivity contribution < 1.29 is 4.74 Å². The minimum absolute atomic E-state index is 0.538. The van der Waals surface area contributed by atoms with Crippen molar-refractivity contribution >= 4 is 0 Å². The fourth-order valence-electron chi connectivity index (χ4n) is 2.90. The Kier molecular flexibility index (Phi) is 7.87. The van der Waals surface area contributed by atoms with E-state index in [0.717, 1.165) is 6.61 Å². The van der Waals surface area contributed by atoms with Gasteiger partial charge < -0.3 is 15.0 Å². The Morgan fingerprint density at radius 1 is 1.28 bits per heavy atom. The van der Waals surface area contributed by atoms with E-state index < -0.39 is 0 Å². The Morgan fingerprint density at radius 3 is 2.67 bits per heavy atom. The summed E-state index contributed by atoms with van der Waals surface area (Å²) in [5.41, 5.74) is 0. The molecule has 0 saturated carbocycles. The normalized spacial score (nSPS) is 24.2. The molecule has 2 atom stereocenters. The molecule has 0 radical (unpaired) electrons. The van der Waals surface area contributed by atoms with E-state index in [9.17, 15) is 0 Å². The summed E-state index contributed by atoms with van der Waals surface area (Å²) in [7, 11) is 1.80. The van der Waals surface area contributed by atoms with Crippen molar-refractivity contribution in [2.24, 2.45) is 0 Å². The van der Waals surface area contributed by atoms with E-state index in [1.165, 1.54) is 45.2 Å². The van der Waals surface area contributed by atoms with Crippen LogP contribution in [0.25, 0.3) is 0 Å². The summed E-state index contributed by atoms with van der Waals surface area (Å²) in [4.78, 5) is 2.60. The van der Waals surface area contributed by atoms with Crippen LogP contribution in [0, 0.1) is 0 Å². The molecule has 1 saturated heterocycles. The summed E-state index contributed by atoms with van der Waals surface area (Å²) in [5, 5.41) is 3.81. The molecule has 0 aromatic heterocycles. The Balaban J connectivity index is 2.37. The first kappa shape index (κ1) is 15.9. The molecule has 0 bridgehead atoms. The Labute approximate surface area is 113 Å². The lowest BCUT2D eigenvalue weighted by molar-refractivity contribution is 0.153. The van der Waals surface area contributed by atoms with Crippen LogP contribution in [0.4, 0.5) is 0 Å². The minimum Gasteiger partial charge on any atom is -0.383 e. The van der Waals surface area contributed by atoms with Crippen molar-refractivity contribution in [2.45, 2.75) is 71.0 Å². The molecule has 3 heteroatoms. The third-order valence-corrected chi connectivity index (χ3v) is 3.97. The van der Waals surface area contributed by atoms with Crippen LogP contribution in [-0.4, -0.2) is 49.8 Å². The van der Waals surface area contributed by atoms with Crippen molar-refractivity contribution in [3.63, 3.8) is 0 Å². The number of hydrogen-bond donors (Lipinski definition) is 1. The van der Waals surface area contributed by atoms with Crippen molar-refractivity contribution in [1.82, 2.24) is 10.2 Å². The van der Waals surface area contributed by atoms with Gasteiger partial charge in [-0.05, 0) is 52.6 Å². The average Bonchev–Trinajstić information content (AvgIpc) is 2.55. The molecule has 3 nitrogen and oxygen atoms in total. The van der Waals surface area contributed by atoms with Gasteiger partial charge >= 0.3 is 0 Å². The molecule has 2 unspecified atom stereocenters. The fourth-order valence-corrected chi connectivity index (χ4v) is 2.90. The van der Waals surface area contributed by atoms with E-state index in [-0.39, 0.29) is 0 Å². The largest absolute Gasteiger partial charge is 0.383 e. The number of likely N-dealkylation sites (tertiary alicyclic amines) is 1. The van der Waals surface area contributed by atoms with Gasteiger partial charge in [-0.25, -0.2) is 0 Å². The van der Waals surface area contributed by atoms with Gasteiger partial charge in [0.25, 0.3) is 0 Å². The number of methoxy groups -OCH3 is 1. The van der Waals surface area contributed by atoms with Crippen LogP contribution in [0.2, 0.25) is 0 Å². The van der Waals surface area contributed by atoms with Gasteiger partial charge in [0.1, 0.15) is 0 Å². The standard InChI is InChI=1S/C15H32N2O/c1-5-7-15(12-18-4)16-14-8-6-10-17(11-9-14)13(2)3/h13-16H,5-12H2,1-4H3. The topological polar surface area (TPSA) is 24.5 Å². The number of nitrogens with one attached hydrogen (secondary N) is 1. The quantitative estimate of drug-likeness (QED) is 0.758. The van der Waals surface area contributed by atoms with Crippen molar-refractivity contribution in [2.75, 3.05) is 26.8 Å². The van der Waals surface area contributed by atoms with E-state index in [2.05, 4.69) is 31.0 Å². The number of ether oxygens (including phenoxy) is 1. The van der Waals surface area contributed by atoms with Crippen LogP contribution >= 0.6 is 0 Å². The molecule has 0 spiro atoms. The molecule has 1 aliphatic rings. The first-order valence-electron chi connectivity index (χ1n) is 7.66. The highest BCUT2D eigenvalue weighted by molar-refractivity contribution is 4.79. The van der Waals surface area contributed by atoms with Crippen LogP contribution in [0.3, 0.4) is 0 Å². The first-order chi connectivity index (χ1) is 8.67. The van der Waals surface area contributed by atoms with Gasteiger partial charge in [-0.3, -0.25) is 0 Å². The molecule has 0 aliphatic carbocycles. The summed E-state index contributed by atoms with van der Waals surface area (Å²) in [6, 6.07) is 1.91. The zero-order chi connectivity index (χ0) is 13.4. The number of hydrogen-bond acceptors (Lipinski definition) is 3. The van der Waals surface area contributed by atoms with Gasteiger partial charge in [0.15, 0.2) is 0 Å². The van der Waals surface area contributed by atoms with Gasteiger partial charge in [0.2, 0.25) is 0 Å². The van der Waals surface area contributed by atoms with Gasteiger partial charge in [0.05, 0.1) is 6.61 Å². The summed E-state index contributed by atoms with van der Waals surface area (Å²) in [6.45, 7) is 10.2. The van der Waals surface area contributed by atoms with Crippen LogP contribution in [0.5, 0.6) is 0 Å².